The van der Waals surface area contributed by atoms with Crippen LogP contribution in [0.5, 0.6) is 0 Å². The number of carbonyl (C=O) groups is 2. The van der Waals surface area contributed by atoms with Gasteiger partial charge < -0.3 is 10.4 Å². The lowest BCUT2D eigenvalue weighted by atomic mass is 10.1. The van der Waals surface area contributed by atoms with Crippen LogP contribution in [0.2, 0.25) is 0 Å². The van der Waals surface area contributed by atoms with Crippen molar-refractivity contribution in [1.29, 1.82) is 0 Å². The number of carbonyl (C=O) groups excluding carboxylic acids is 1. The molecule has 0 saturated carbocycles. The van der Waals surface area contributed by atoms with Crippen molar-refractivity contribution in [3.63, 3.8) is 0 Å². The Labute approximate surface area is 109 Å². The number of rotatable bonds is 3. The summed E-state index contributed by atoms with van der Waals surface area (Å²) < 4.78 is 1.52. The predicted molar refractivity (Wildman–Crippen MR) is 69.3 cm³/mol. The standard InChI is InChI=1S/C13H13N3O3/c1-8-7-11(16(2)15-8)14-12(17)9-5-3-4-6-10(9)13(18)19/h3-7H,1-2H3,(H,14,17)(H,18,19). The molecule has 0 aliphatic rings. The Morgan fingerprint density at radius 3 is 2.42 bits per heavy atom. The van der Waals surface area contributed by atoms with Gasteiger partial charge in [-0.1, -0.05) is 12.1 Å². The molecule has 0 radical (unpaired) electrons. The molecule has 0 aliphatic heterocycles. The molecule has 2 aromatic rings. The van der Waals surface area contributed by atoms with E-state index in [4.69, 9.17) is 5.11 Å². The van der Waals surface area contributed by atoms with Crippen LogP contribution in [0.15, 0.2) is 30.3 Å². The van der Waals surface area contributed by atoms with Crippen LogP contribution >= 0.6 is 0 Å². The highest BCUT2D eigenvalue weighted by Gasteiger charge is 2.16. The molecule has 1 heterocycles. The Bertz CT molecular complexity index is 646. The minimum atomic E-state index is -1.13. The van der Waals surface area contributed by atoms with Gasteiger partial charge in [0.2, 0.25) is 0 Å². The summed E-state index contributed by atoms with van der Waals surface area (Å²) in [5.41, 5.74) is 0.858. The number of aryl methyl sites for hydroxylation is 2. The van der Waals surface area contributed by atoms with E-state index in [0.29, 0.717) is 5.82 Å². The lowest BCUT2D eigenvalue weighted by molar-refractivity contribution is 0.0692. The Morgan fingerprint density at radius 2 is 1.89 bits per heavy atom. The molecule has 0 unspecified atom stereocenters. The number of benzene rings is 1. The number of aromatic carboxylic acids is 1. The number of nitrogens with zero attached hydrogens (tertiary/aromatic N) is 2. The molecule has 2 N–H and O–H groups in total. The summed E-state index contributed by atoms with van der Waals surface area (Å²) in [7, 11) is 1.70. The van der Waals surface area contributed by atoms with Gasteiger partial charge in [0.1, 0.15) is 5.82 Å². The summed E-state index contributed by atoms with van der Waals surface area (Å²) >= 11 is 0. The topological polar surface area (TPSA) is 84.2 Å². The Balaban J connectivity index is 2.30. The maximum absolute atomic E-state index is 12.1. The largest absolute Gasteiger partial charge is 0.478 e. The maximum atomic E-state index is 12.1. The summed E-state index contributed by atoms with van der Waals surface area (Å²) in [5, 5.41) is 15.8. The molecule has 1 amide bonds. The third-order valence-electron chi connectivity index (χ3n) is 2.65. The molecule has 6 nitrogen and oxygen atoms in total. The van der Waals surface area contributed by atoms with E-state index in [1.807, 2.05) is 0 Å². The first kappa shape index (κ1) is 12.8. The predicted octanol–water partition coefficient (Wildman–Crippen LogP) is 1.68. The molecule has 0 spiro atoms. The lowest BCUT2D eigenvalue weighted by Crippen LogP contribution is -2.18. The number of hydrogen-bond donors (Lipinski definition) is 2. The van der Waals surface area contributed by atoms with Crippen LogP contribution in [0.3, 0.4) is 0 Å². The first-order valence-electron chi connectivity index (χ1n) is 5.63. The summed E-state index contributed by atoms with van der Waals surface area (Å²) in [6.07, 6.45) is 0. The lowest BCUT2D eigenvalue weighted by Gasteiger charge is -2.07. The molecule has 6 heteroatoms. The summed E-state index contributed by atoms with van der Waals surface area (Å²) in [6, 6.07) is 7.78. The van der Waals surface area contributed by atoms with E-state index in [2.05, 4.69) is 10.4 Å². The fraction of sp³-hybridized carbons (Fsp3) is 0.154. The van der Waals surface area contributed by atoms with Gasteiger partial charge in [0.15, 0.2) is 0 Å². The maximum Gasteiger partial charge on any atom is 0.336 e. The molecule has 0 fully saturated rings. The van der Waals surface area contributed by atoms with Gasteiger partial charge in [0.25, 0.3) is 5.91 Å². The van der Waals surface area contributed by atoms with Crippen LogP contribution in [0.1, 0.15) is 26.4 Å². The van der Waals surface area contributed by atoms with Crippen molar-refractivity contribution in [2.45, 2.75) is 6.92 Å². The van der Waals surface area contributed by atoms with Gasteiger partial charge >= 0.3 is 5.97 Å². The van der Waals surface area contributed by atoms with E-state index in [1.165, 1.54) is 16.8 Å². The van der Waals surface area contributed by atoms with Crippen molar-refractivity contribution >= 4 is 17.7 Å². The van der Waals surface area contributed by atoms with Gasteiger partial charge in [-0.25, -0.2) is 4.79 Å². The fourth-order valence-electron chi connectivity index (χ4n) is 1.78. The highest BCUT2D eigenvalue weighted by Crippen LogP contribution is 2.13. The van der Waals surface area contributed by atoms with Gasteiger partial charge in [-0.2, -0.15) is 5.10 Å². The second-order valence-electron chi connectivity index (χ2n) is 4.10. The van der Waals surface area contributed by atoms with Crippen LogP contribution in [0, 0.1) is 6.92 Å². The number of aromatic nitrogens is 2. The van der Waals surface area contributed by atoms with Crippen molar-refractivity contribution in [1.82, 2.24) is 9.78 Å². The van der Waals surface area contributed by atoms with Crippen LogP contribution in [-0.2, 0) is 7.05 Å². The Kier molecular flexibility index (Phi) is 3.33. The summed E-state index contributed by atoms with van der Waals surface area (Å²) in [5.74, 6) is -1.09. The monoisotopic (exact) mass is 259 g/mol. The SMILES string of the molecule is Cc1cc(NC(=O)c2ccccc2C(=O)O)n(C)n1. The molecule has 1 aromatic heterocycles. The second-order valence-corrected chi connectivity index (χ2v) is 4.10. The van der Waals surface area contributed by atoms with E-state index in [9.17, 15) is 9.59 Å². The van der Waals surface area contributed by atoms with E-state index in [0.717, 1.165) is 5.69 Å². The first-order valence-corrected chi connectivity index (χ1v) is 5.63. The highest BCUT2D eigenvalue weighted by atomic mass is 16.4. The molecule has 0 saturated heterocycles. The van der Waals surface area contributed by atoms with Crippen LogP contribution in [0.25, 0.3) is 0 Å². The van der Waals surface area contributed by atoms with Gasteiger partial charge in [-0.3, -0.25) is 9.48 Å². The van der Waals surface area contributed by atoms with Gasteiger partial charge in [-0.05, 0) is 19.1 Å². The quantitative estimate of drug-likeness (QED) is 0.878. The van der Waals surface area contributed by atoms with E-state index in [1.54, 1.807) is 32.2 Å². The van der Waals surface area contributed by atoms with Crippen molar-refractivity contribution in [3.05, 3.63) is 47.2 Å². The number of amides is 1. The molecule has 19 heavy (non-hydrogen) atoms. The molecule has 0 atom stereocenters. The fourth-order valence-corrected chi connectivity index (χ4v) is 1.78. The first-order chi connectivity index (χ1) is 8.99. The number of nitrogens with one attached hydrogen (secondary N) is 1. The zero-order valence-corrected chi connectivity index (χ0v) is 10.5. The molecule has 2 rings (SSSR count). The second kappa shape index (κ2) is 4.93. The van der Waals surface area contributed by atoms with Crippen LogP contribution in [-0.4, -0.2) is 26.8 Å². The average Bonchev–Trinajstić information content (AvgIpc) is 2.67. The zero-order valence-electron chi connectivity index (χ0n) is 10.5. The normalized spacial score (nSPS) is 10.2. The summed E-state index contributed by atoms with van der Waals surface area (Å²) in [6.45, 7) is 1.81. The smallest absolute Gasteiger partial charge is 0.336 e. The minimum Gasteiger partial charge on any atom is -0.478 e. The zero-order chi connectivity index (χ0) is 14.0. The van der Waals surface area contributed by atoms with E-state index in [-0.39, 0.29) is 11.1 Å². The van der Waals surface area contributed by atoms with Crippen molar-refractivity contribution in [2.75, 3.05) is 5.32 Å². The highest BCUT2D eigenvalue weighted by molar-refractivity contribution is 6.10. The van der Waals surface area contributed by atoms with Gasteiger partial charge in [0, 0.05) is 13.1 Å². The number of hydrogen-bond acceptors (Lipinski definition) is 3. The summed E-state index contributed by atoms with van der Waals surface area (Å²) in [4.78, 5) is 23.1. The minimum absolute atomic E-state index is 0.0288. The molecule has 1 aromatic carbocycles. The van der Waals surface area contributed by atoms with Crippen molar-refractivity contribution < 1.29 is 14.7 Å². The molecular weight excluding hydrogens is 246 g/mol. The van der Waals surface area contributed by atoms with Crippen molar-refractivity contribution in [2.24, 2.45) is 7.05 Å². The number of carboxylic acids is 1. The molecule has 0 aliphatic carbocycles. The Morgan fingerprint density at radius 1 is 1.26 bits per heavy atom. The van der Waals surface area contributed by atoms with Gasteiger partial charge in [0.05, 0.1) is 16.8 Å². The molecule has 98 valence electrons. The van der Waals surface area contributed by atoms with Gasteiger partial charge in [-0.15, -0.1) is 0 Å². The Hall–Kier alpha value is -2.63. The van der Waals surface area contributed by atoms with E-state index >= 15 is 0 Å². The van der Waals surface area contributed by atoms with E-state index < -0.39 is 11.9 Å². The third kappa shape index (κ3) is 2.62. The number of carboxylic acid groups (broad SMARTS) is 1. The molecule has 0 bridgehead atoms. The average molecular weight is 259 g/mol. The van der Waals surface area contributed by atoms with Crippen LogP contribution in [0.4, 0.5) is 5.82 Å². The van der Waals surface area contributed by atoms with Crippen molar-refractivity contribution in [3.8, 4) is 0 Å². The third-order valence-corrected chi connectivity index (χ3v) is 2.65. The molecular formula is C13H13N3O3. The van der Waals surface area contributed by atoms with Crippen LogP contribution < -0.4 is 5.32 Å². The number of anilines is 1.